The normalized spacial score (nSPS) is 11.2. The Labute approximate surface area is 113 Å². The van der Waals surface area contributed by atoms with Gasteiger partial charge < -0.3 is 10.1 Å². The van der Waals surface area contributed by atoms with Crippen LogP contribution in [0.15, 0.2) is 30.3 Å². The molecule has 0 heterocycles. The zero-order valence-corrected chi connectivity index (χ0v) is 11.4. The molecule has 1 rings (SSSR count). The molecule has 4 heteroatoms. The summed E-state index contributed by atoms with van der Waals surface area (Å²) in [6.07, 6.45) is 3.97. The molecular weight excluding hydrogens is 245 g/mol. The summed E-state index contributed by atoms with van der Waals surface area (Å²) in [4.78, 5) is 11.5. The first-order chi connectivity index (χ1) is 9.08. The van der Waals surface area contributed by atoms with E-state index in [-0.39, 0.29) is 17.8 Å². The Kier molecular flexibility index (Phi) is 6.82. The van der Waals surface area contributed by atoms with Crippen LogP contribution in [0.5, 0.6) is 0 Å². The highest BCUT2D eigenvalue weighted by Gasteiger charge is 1.97. The topological polar surface area (TPSA) is 38.3 Å². The van der Waals surface area contributed by atoms with Crippen molar-refractivity contribution in [2.24, 2.45) is 0 Å². The molecule has 0 aliphatic carbocycles. The maximum absolute atomic E-state index is 12.9. The second-order valence-corrected chi connectivity index (χ2v) is 4.45. The van der Waals surface area contributed by atoms with E-state index in [0.717, 1.165) is 6.42 Å². The minimum atomic E-state index is -0.312. The number of carbonyl (C=O) groups excluding carboxylic acids is 1. The third-order valence-electron chi connectivity index (χ3n) is 2.35. The van der Waals surface area contributed by atoms with Crippen LogP contribution in [0, 0.1) is 5.82 Å². The van der Waals surface area contributed by atoms with Gasteiger partial charge in [-0.3, -0.25) is 4.79 Å². The van der Waals surface area contributed by atoms with E-state index < -0.39 is 0 Å². The van der Waals surface area contributed by atoms with Crippen molar-refractivity contribution in [1.29, 1.82) is 0 Å². The van der Waals surface area contributed by atoms with E-state index in [2.05, 4.69) is 5.32 Å². The molecule has 0 saturated carbocycles. The Morgan fingerprint density at radius 3 is 2.95 bits per heavy atom. The molecule has 0 bridgehead atoms. The fourth-order valence-electron chi connectivity index (χ4n) is 1.44. The Balaban J connectivity index is 2.24. The third-order valence-corrected chi connectivity index (χ3v) is 2.35. The van der Waals surface area contributed by atoms with Gasteiger partial charge in [-0.2, -0.15) is 0 Å². The minimum absolute atomic E-state index is 0.186. The van der Waals surface area contributed by atoms with Crippen molar-refractivity contribution < 1.29 is 13.9 Å². The standard InChI is InChI=1S/C15H20FNO2/c1-12(2)19-10-4-9-17-15(18)8-7-13-5-3-6-14(16)11-13/h3,5-8,11-12H,4,9-10H2,1-2H3,(H,17,18)/b8-7+. The molecule has 0 fully saturated rings. The van der Waals surface area contributed by atoms with Crippen LogP contribution < -0.4 is 5.32 Å². The molecule has 0 aliphatic rings. The molecular formula is C15H20FNO2. The van der Waals surface area contributed by atoms with Crippen LogP contribution in [0.3, 0.4) is 0 Å². The van der Waals surface area contributed by atoms with Crippen molar-refractivity contribution >= 4 is 12.0 Å². The quantitative estimate of drug-likeness (QED) is 0.608. The van der Waals surface area contributed by atoms with Gasteiger partial charge in [-0.1, -0.05) is 12.1 Å². The third kappa shape index (κ3) is 7.36. The largest absolute Gasteiger partial charge is 0.379 e. The molecule has 1 N–H and O–H groups in total. The summed E-state index contributed by atoms with van der Waals surface area (Å²) in [5.41, 5.74) is 0.665. The zero-order chi connectivity index (χ0) is 14.1. The highest BCUT2D eigenvalue weighted by atomic mass is 19.1. The average molecular weight is 265 g/mol. The average Bonchev–Trinajstić information content (AvgIpc) is 2.35. The van der Waals surface area contributed by atoms with Crippen LogP contribution in [0.4, 0.5) is 4.39 Å². The first-order valence-corrected chi connectivity index (χ1v) is 6.41. The molecule has 0 aliphatic heterocycles. The van der Waals surface area contributed by atoms with Crippen LogP contribution in [0.1, 0.15) is 25.8 Å². The smallest absolute Gasteiger partial charge is 0.244 e. The van der Waals surface area contributed by atoms with Gasteiger partial charge in [0, 0.05) is 19.2 Å². The SMILES string of the molecule is CC(C)OCCCNC(=O)/C=C/c1cccc(F)c1. The number of benzene rings is 1. The fourth-order valence-corrected chi connectivity index (χ4v) is 1.44. The molecule has 0 unspecified atom stereocenters. The van der Waals surface area contributed by atoms with Crippen molar-refractivity contribution in [2.75, 3.05) is 13.2 Å². The lowest BCUT2D eigenvalue weighted by Gasteiger charge is -2.07. The molecule has 0 aromatic heterocycles. The van der Waals surface area contributed by atoms with E-state index >= 15 is 0 Å². The first kappa shape index (κ1) is 15.4. The number of rotatable bonds is 7. The van der Waals surface area contributed by atoms with E-state index in [0.29, 0.717) is 18.7 Å². The van der Waals surface area contributed by atoms with Gasteiger partial charge in [0.25, 0.3) is 0 Å². The number of ether oxygens (including phenoxy) is 1. The van der Waals surface area contributed by atoms with Crippen molar-refractivity contribution in [3.63, 3.8) is 0 Å². The minimum Gasteiger partial charge on any atom is -0.379 e. The monoisotopic (exact) mass is 265 g/mol. The summed E-state index contributed by atoms with van der Waals surface area (Å²) in [7, 11) is 0. The van der Waals surface area contributed by atoms with Crippen molar-refractivity contribution in [3.8, 4) is 0 Å². The van der Waals surface area contributed by atoms with E-state index in [4.69, 9.17) is 4.74 Å². The molecule has 1 aromatic rings. The summed E-state index contributed by atoms with van der Waals surface area (Å²) >= 11 is 0. The zero-order valence-electron chi connectivity index (χ0n) is 11.4. The number of hydrogen-bond acceptors (Lipinski definition) is 2. The van der Waals surface area contributed by atoms with Gasteiger partial charge in [0.1, 0.15) is 5.82 Å². The molecule has 1 aromatic carbocycles. The lowest BCUT2D eigenvalue weighted by Crippen LogP contribution is -2.23. The van der Waals surface area contributed by atoms with Gasteiger partial charge in [0.2, 0.25) is 5.91 Å². The summed E-state index contributed by atoms with van der Waals surface area (Å²) in [5, 5.41) is 2.74. The Bertz CT molecular complexity index is 430. The molecule has 1 amide bonds. The van der Waals surface area contributed by atoms with Gasteiger partial charge in [0.05, 0.1) is 6.10 Å². The predicted molar refractivity (Wildman–Crippen MR) is 74.1 cm³/mol. The first-order valence-electron chi connectivity index (χ1n) is 6.41. The van der Waals surface area contributed by atoms with Crippen LogP contribution in [-0.2, 0) is 9.53 Å². The Morgan fingerprint density at radius 2 is 2.26 bits per heavy atom. The molecule has 104 valence electrons. The van der Waals surface area contributed by atoms with E-state index in [1.807, 2.05) is 13.8 Å². The van der Waals surface area contributed by atoms with E-state index in [9.17, 15) is 9.18 Å². The maximum atomic E-state index is 12.9. The summed E-state index contributed by atoms with van der Waals surface area (Å²) < 4.78 is 18.3. The second kappa shape index (κ2) is 8.43. The van der Waals surface area contributed by atoms with Gasteiger partial charge in [-0.15, -0.1) is 0 Å². The highest BCUT2D eigenvalue weighted by Crippen LogP contribution is 2.04. The van der Waals surface area contributed by atoms with Crippen molar-refractivity contribution in [2.45, 2.75) is 26.4 Å². The molecule has 0 spiro atoms. The van der Waals surface area contributed by atoms with Crippen LogP contribution in [-0.4, -0.2) is 25.2 Å². The lowest BCUT2D eigenvalue weighted by molar-refractivity contribution is -0.116. The highest BCUT2D eigenvalue weighted by molar-refractivity contribution is 5.91. The number of hydrogen-bond donors (Lipinski definition) is 1. The molecule has 0 saturated heterocycles. The summed E-state index contributed by atoms with van der Waals surface area (Å²) in [6, 6.07) is 6.09. The lowest BCUT2D eigenvalue weighted by atomic mass is 10.2. The molecule has 0 radical (unpaired) electrons. The molecule has 0 atom stereocenters. The predicted octanol–water partition coefficient (Wildman–Crippen LogP) is 2.77. The van der Waals surface area contributed by atoms with Crippen LogP contribution >= 0.6 is 0 Å². The van der Waals surface area contributed by atoms with Gasteiger partial charge in [-0.25, -0.2) is 4.39 Å². The van der Waals surface area contributed by atoms with E-state index in [1.54, 1.807) is 18.2 Å². The number of amides is 1. The molecule has 3 nitrogen and oxygen atoms in total. The van der Waals surface area contributed by atoms with Gasteiger partial charge in [-0.05, 0) is 44.0 Å². The Morgan fingerprint density at radius 1 is 1.47 bits per heavy atom. The van der Waals surface area contributed by atoms with E-state index in [1.165, 1.54) is 18.2 Å². The number of carbonyl (C=O) groups is 1. The van der Waals surface area contributed by atoms with Gasteiger partial charge >= 0.3 is 0 Å². The van der Waals surface area contributed by atoms with Crippen LogP contribution in [0.2, 0.25) is 0 Å². The summed E-state index contributed by atoms with van der Waals surface area (Å²) in [5.74, 6) is -0.498. The fraction of sp³-hybridized carbons (Fsp3) is 0.400. The maximum Gasteiger partial charge on any atom is 0.244 e. The second-order valence-electron chi connectivity index (χ2n) is 4.45. The Hall–Kier alpha value is -1.68. The number of nitrogens with one attached hydrogen (secondary N) is 1. The van der Waals surface area contributed by atoms with Crippen LogP contribution in [0.25, 0.3) is 6.08 Å². The summed E-state index contributed by atoms with van der Waals surface area (Å²) in [6.45, 7) is 5.14. The van der Waals surface area contributed by atoms with Crippen molar-refractivity contribution in [1.82, 2.24) is 5.32 Å². The van der Waals surface area contributed by atoms with Gasteiger partial charge in [0.15, 0.2) is 0 Å². The van der Waals surface area contributed by atoms with Crippen molar-refractivity contribution in [3.05, 3.63) is 41.7 Å². The number of halogens is 1. The molecule has 19 heavy (non-hydrogen) atoms.